The SMILES string of the molecule is C=C(C(NC(=O)NC1CCCC1)c1ccccc1)C(C)(C)C. The van der Waals surface area contributed by atoms with Crippen LogP contribution in [0.4, 0.5) is 4.79 Å². The summed E-state index contributed by atoms with van der Waals surface area (Å²) in [7, 11) is 0. The monoisotopic (exact) mass is 300 g/mol. The lowest BCUT2D eigenvalue weighted by atomic mass is 9.81. The second kappa shape index (κ2) is 6.99. The Balaban J connectivity index is 2.10. The lowest BCUT2D eigenvalue weighted by Gasteiger charge is -2.31. The number of nitrogens with one attached hydrogen (secondary N) is 2. The molecule has 0 aromatic heterocycles. The number of urea groups is 1. The van der Waals surface area contributed by atoms with Gasteiger partial charge in [0.2, 0.25) is 0 Å². The van der Waals surface area contributed by atoms with Crippen LogP contribution in [0.3, 0.4) is 0 Å². The van der Waals surface area contributed by atoms with E-state index >= 15 is 0 Å². The highest BCUT2D eigenvalue weighted by Gasteiger charge is 2.27. The normalized spacial score (nSPS) is 17.0. The Labute approximate surface area is 134 Å². The van der Waals surface area contributed by atoms with Gasteiger partial charge in [-0.1, -0.05) is 70.5 Å². The van der Waals surface area contributed by atoms with Crippen molar-refractivity contribution in [2.45, 2.75) is 58.5 Å². The Bertz CT molecular complexity index is 510. The second-order valence-electron chi connectivity index (χ2n) is 7.22. The van der Waals surface area contributed by atoms with Crippen molar-refractivity contribution in [3.05, 3.63) is 48.0 Å². The Kier molecular flexibility index (Phi) is 5.28. The summed E-state index contributed by atoms with van der Waals surface area (Å²) in [5.74, 6) is 0. The van der Waals surface area contributed by atoms with Gasteiger partial charge in [0.25, 0.3) is 0 Å². The molecular weight excluding hydrogens is 272 g/mol. The molecule has 3 nitrogen and oxygen atoms in total. The van der Waals surface area contributed by atoms with Crippen molar-refractivity contribution >= 4 is 6.03 Å². The van der Waals surface area contributed by atoms with Crippen LogP contribution < -0.4 is 10.6 Å². The molecule has 0 saturated heterocycles. The molecule has 2 N–H and O–H groups in total. The molecule has 120 valence electrons. The van der Waals surface area contributed by atoms with Crippen LogP contribution in [-0.2, 0) is 0 Å². The summed E-state index contributed by atoms with van der Waals surface area (Å²) in [6.07, 6.45) is 4.59. The summed E-state index contributed by atoms with van der Waals surface area (Å²) >= 11 is 0. The number of hydrogen-bond donors (Lipinski definition) is 2. The Morgan fingerprint density at radius 2 is 1.77 bits per heavy atom. The van der Waals surface area contributed by atoms with Crippen LogP contribution in [0.1, 0.15) is 58.1 Å². The zero-order valence-electron chi connectivity index (χ0n) is 14.0. The highest BCUT2D eigenvalue weighted by Crippen LogP contribution is 2.34. The highest BCUT2D eigenvalue weighted by molar-refractivity contribution is 5.75. The van der Waals surface area contributed by atoms with Crippen molar-refractivity contribution in [1.82, 2.24) is 10.6 Å². The predicted molar refractivity (Wildman–Crippen MR) is 91.7 cm³/mol. The fraction of sp³-hybridized carbons (Fsp3) is 0.526. The van der Waals surface area contributed by atoms with E-state index in [1.807, 2.05) is 30.3 Å². The molecule has 1 fully saturated rings. The van der Waals surface area contributed by atoms with E-state index in [2.05, 4.69) is 38.0 Å². The third kappa shape index (κ3) is 4.36. The maximum atomic E-state index is 12.4. The fourth-order valence-electron chi connectivity index (χ4n) is 2.88. The number of carbonyl (C=O) groups is 1. The van der Waals surface area contributed by atoms with Gasteiger partial charge in [0.05, 0.1) is 6.04 Å². The maximum Gasteiger partial charge on any atom is 0.315 e. The van der Waals surface area contributed by atoms with Gasteiger partial charge in [-0.15, -0.1) is 0 Å². The van der Waals surface area contributed by atoms with Gasteiger partial charge in [0.15, 0.2) is 0 Å². The van der Waals surface area contributed by atoms with Gasteiger partial charge in [-0.2, -0.15) is 0 Å². The van der Waals surface area contributed by atoms with Crippen molar-refractivity contribution in [2.75, 3.05) is 0 Å². The van der Waals surface area contributed by atoms with E-state index in [1.165, 1.54) is 12.8 Å². The van der Waals surface area contributed by atoms with Crippen LogP contribution >= 0.6 is 0 Å². The summed E-state index contributed by atoms with van der Waals surface area (Å²) in [6.45, 7) is 10.6. The first kappa shape index (κ1) is 16.6. The average molecular weight is 300 g/mol. The first-order valence-electron chi connectivity index (χ1n) is 8.19. The molecule has 22 heavy (non-hydrogen) atoms. The van der Waals surface area contributed by atoms with Crippen LogP contribution in [-0.4, -0.2) is 12.1 Å². The minimum absolute atomic E-state index is 0.0683. The molecule has 0 spiro atoms. The van der Waals surface area contributed by atoms with Crippen LogP contribution in [0.25, 0.3) is 0 Å². The summed E-state index contributed by atoms with van der Waals surface area (Å²) in [4.78, 5) is 12.4. The van der Waals surface area contributed by atoms with Gasteiger partial charge < -0.3 is 10.6 Å². The first-order chi connectivity index (χ1) is 10.4. The molecule has 1 saturated carbocycles. The van der Waals surface area contributed by atoms with Gasteiger partial charge in [0.1, 0.15) is 0 Å². The minimum Gasteiger partial charge on any atom is -0.335 e. The van der Waals surface area contributed by atoms with Crippen LogP contribution in [0.5, 0.6) is 0 Å². The quantitative estimate of drug-likeness (QED) is 0.786. The highest BCUT2D eigenvalue weighted by atomic mass is 16.2. The molecule has 1 aromatic carbocycles. The van der Waals surface area contributed by atoms with Crippen LogP contribution in [0.2, 0.25) is 0 Å². The molecule has 1 unspecified atom stereocenters. The van der Waals surface area contributed by atoms with Gasteiger partial charge in [-0.25, -0.2) is 4.79 Å². The molecule has 1 aliphatic carbocycles. The predicted octanol–water partition coefficient (Wildman–Crippen LogP) is 4.57. The molecule has 0 radical (unpaired) electrons. The molecule has 3 heteroatoms. The van der Waals surface area contributed by atoms with Crippen LogP contribution in [0.15, 0.2) is 42.5 Å². The molecule has 1 aromatic rings. The number of amides is 2. The number of rotatable bonds is 4. The zero-order chi connectivity index (χ0) is 16.2. The van der Waals surface area contributed by atoms with E-state index in [9.17, 15) is 4.79 Å². The van der Waals surface area contributed by atoms with E-state index < -0.39 is 0 Å². The molecule has 1 aliphatic rings. The third-order valence-corrected chi connectivity index (χ3v) is 4.41. The molecule has 0 aliphatic heterocycles. The summed E-state index contributed by atoms with van der Waals surface area (Å²) in [5, 5.41) is 6.21. The standard InChI is InChI=1S/C19H28N2O/c1-14(19(2,3)4)17(15-10-6-5-7-11-15)21-18(22)20-16-12-8-9-13-16/h5-7,10-11,16-17H,1,8-9,12-13H2,2-4H3,(H2,20,21,22). The molecular formula is C19H28N2O. The number of hydrogen-bond acceptors (Lipinski definition) is 1. The molecule has 0 heterocycles. The smallest absolute Gasteiger partial charge is 0.315 e. The van der Waals surface area contributed by atoms with Crippen LogP contribution in [0, 0.1) is 5.41 Å². The zero-order valence-corrected chi connectivity index (χ0v) is 14.0. The Morgan fingerprint density at radius 3 is 2.32 bits per heavy atom. The minimum atomic E-state index is -0.164. The van der Waals surface area contributed by atoms with Gasteiger partial charge in [-0.3, -0.25) is 0 Å². The summed E-state index contributed by atoms with van der Waals surface area (Å²) in [5.41, 5.74) is 2.02. The molecule has 0 bridgehead atoms. The fourth-order valence-corrected chi connectivity index (χ4v) is 2.88. The summed E-state index contributed by atoms with van der Waals surface area (Å²) in [6, 6.07) is 10.1. The number of carbonyl (C=O) groups excluding carboxylic acids is 1. The van der Waals surface area contributed by atoms with Crippen molar-refractivity contribution in [3.63, 3.8) is 0 Å². The van der Waals surface area contributed by atoms with E-state index in [1.54, 1.807) is 0 Å². The molecule has 1 atom stereocenters. The van der Waals surface area contributed by atoms with Crippen molar-refractivity contribution in [1.29, 1.82) is 0 Å². The third-order valence-electron chi connectivity index (χ3n) is 4.41. The molecule has 2 amide bonds. The lowest BCUT2D eigenvalue weighted by molar-refractivity contribution is 0.233. The topological polar surface area (TPSA) is 41.1 Å². The average Bonchev–Trinajstić information content (AvgIpc) is 2.97. The van der Waals surface area contributed by atoms with Gasteiger partial charge >= 0.3 is 6.03 Å². The van der Waals surface area contributed by atoms with Gasteiger partial charge in [0, 0.05) is 6.04 Å². The van der Waals surface area contributed by atoms with E-state index in [-0.39, 0.29) is 17.5 Å². The first-order valence-corrected chi connectivity index (χ1v) is 8.19. The van der Waals surface area contributed by atoms with Crippen molar-refractivity contribution in [3.8, 4) is 0 Å². The van der Waals surface area contributed by atoms with E-state index in [0.29, 0.717) is 6.04 Å². The molecule has 2 rings (SSSR count). The van der Waals surface area contributed by atoms with Gasteiger partial charge in [-0.05, 0) is 29.4 Å². The maximum absolute atomic E-state index is 12.4. The lowest BCUT2D eigenvalue weighted by Crippen LogP contribution is -2.43. The number of benzene rings is 1. The second-order valence-corrected chi connectivity index (χ2v) is 7.22. The summed E-state index contributed by atoms with van der Waals surface area (Å²) < 4.78 is 0. The van der Waals surface area contributed by atoms with Crippen molar-refractivity contribution in [2.24, 2.45) is 5.41 Å². The Morgan fingerprint density at radius 1 is 1.18 bits per heavy atom. The van der Waals surface area contributed by atoms with E-state index in [4.69, 9.17) is 0 Å². The Hall–Kier alpha value is -1.77. The largest absolute Gasteiger partial charge is 0.335 e. The van der Waals surface area contributed by atoms with E-state index in [0.717, 1.165) is 24.0 Å². The van der Waals surface area contributed by atoms with Crippen molar-refractivity contribution < 1.29 is 4.79 Å².